The zero-order chi connectivity index (χ0) is 85.7. The van der Waals surface area contributed by atoms with Crippen LogP contribution in [0.4, 0.5) is 0 Å². The summed E-state index contributed by atoms with van der Waals surface area (Å²) in [4.78, 5) is 101. The van der Waals surface area contributed by atoms with Crippen molar-refractivity contribution in [2.45, 2.75) is 407 Å². The topological polar surface area (TPSA) is 218 Å². The fourth-order valence-corrected chi connectivity index (χ4v) is 18.8. The minimum absolute atomic E-state index is 0.0955. The Balaban J connectivity index is 0.000000287. The molecule has 0 aromatic carbocycles. The van der Waals surface area contributed by atoms with Gasteiger partial charge in [-0.2, -0.15) is 0 Å². The first-order valence-electron chi connectivity index (χ1n) is 48.3. The Morgan fingerprint density at radius 2 is 0.681 bits per heavy atom. The number of carbonyl (C=O) groups excluding carboxylic acids is 7. The van der Waals surface area contributed by atoms with Crippen LogP contribution in [0.15, 0.2) is 0 Å². The molecule has 21 heteroatoms. The van der Waals surface area contributed by atoms with E-state index in [9.17, 15) is 33.6 Å². The monoisotopic (exact) mass is 1630 g/mol. The van der Waals surface area contributed by atoms with Crippen LogP contribution in [-0.2, 0) is 33.6 Å². The van der Waals surface area contributed by atoms with Gasteiger partial charge in [-0.1, -0.05) is 200 Å². The Kier molecular flexibility index (Phi) is 53.0. The maximum atomic E-state index is 12.4. The van der Waals surface area contributed by atoms with E-state index in [1.165, 1.54) is 205 Å². The van der Waals surface area contributed by atoms with Gasteiger partial charge in [0.25, 0.3) is 0 Å². The van der Waals surface area contributed by atoms with Crippen LogP contribution >= 0.6 is 0 Å². The molecular formula is C95H184N14O7. The lowest BCUT2D eigenvalue weighted by molar-refractivity contribution is -0.139. The standard InChI is InChI=1S/C18H34N2O.C17H32N2O.2C14H28N2O.C12H22N2O.2C10H20N2O/c1-15(2)18(21)19-13-14-20(16-9-5-3-6-10-16)17-11-7-4-8-12-17;1-14(2)17(20)19-12-8-7-11-16(19)13-18(3)15-9-5-4-6-10-15;1-12(2)14(17)15-10-7-11-16(3)13-8-5-4-6-9-13;1-12(2)14(17)15-10-11-16(3)13-8-6-4-5-7-9-13;1-8(2)12(15)13-9-6-10-4-5-11(7-9)14(10)3;1-8(2)10(13)11-9-4-6-12(3)7-5-9;1-8(2)10(13)11-9-5-4-6-12(3)7-9/h15-17H,3-14H2,1-2H3,(H,19,21);14-16H,4-13H2,1-3H3;2*12-13H,4-11H2,1-3H3,(H,15,17);8-11H,4-7H2,1-3H3,(H,13,15);2*8-9H,4-7H2,1-3H3,(H,11,13). The minimum Gasteiger partial charge on any atom is -0.356 e. The molecule has 5 saturated carbocycles. The van der Waals surface area contributed by atoms with Gasteiger partial charge < -0.3 is 66.2 Å². The SMILES string of the molecule is CC(C)C(=O)N1CCCCC1CN(C)C1CCCCC1.CC(C)C(=O)NC1CC2CCC(C1)N2C.CC(C)C(=O)NC1CCCN(C)C1.CC(C)C(=O)NC1CCN(C)CC1.CC(C)C(=O)NCCCN(C)C1CCCCC1.CC(C)C(=O)NCCN(C)C1CCCCCC1.CC(C)C(=O)NCCN(C1CCCCC1)C1CCCCC1. The van der Waals surface area contributed by atoms with Crippen LogP contribution in [0.25, 0.3) is 0 Å². The van der Waals surface area contributed by atoms with Crippen molar-refractivity contribution >= 4 is 41.4 Å². The van der Waals surface area contributed by atoms with Gasteiger partial charge in [0.1, 0.15) is 0 Å². The van der Waals surface area contributed by atoms with Crippen molar-refractivity contribution in [2.75, 3.05) is 121 Å². The van der Waals surface area contributed by atoms with Crippen LogP contribution in [0, 0.1) is 41.4 Å². The lowest BCUT2D eigenvalue weighted by Gasteiger charge is -2.41. The largest absolute Gasteiger partial charge is 0.356 e. The summed E-state index contributed by atoms with van der Waals surface area (Å²) in [6.45, 7) is 39.3. The zero-order valence-corrected chi connectivity index (χ0v) is 78.7. The summed E-state index contributed by atoms with van der Waals surface area (Å²) < 4.78 is 0. The van der Waals surface area contributed by atoms with Gasteiger partial charge in [0.15, 0.2) is 0 Å². The molecule has 4 atom stereocenters. The Bertz CT molecular complexity index is 2610. The maximum absolute atomic E-state index is 12.4. The molecule has 5 heterocycles. The molecule has 21 nitrogen and oxygen atoms in total. The van der Waals surface area contributed by atoms with Gasteiger partial charge >= 0.3 is 0 Å². The molecule has 0 aromatic rings. The molecule has 10 aliphatic rings. The molecule has 0 aromatic heterocycles. The third-order valence-electron chi connectivity index (χ3n) is 26.9. The predicted molar refractivity (Wildman–Crippen MR) is 484 cm³/mol. The van der Waals surface area contributed by atoms with Gasteiger partial charge in [-0.15, -0.1) is 0 Å². The lowest BCUT2D eigenvalue weighted by atomic mass is 9.88. The Morgan fingerprint density at radius 1 is 0.319 bits per heavy atom. The van der Waals surface area contributed by atoms with Crippen molar-refractivity contribution in [3.05, 3.63) is 0 Å². The van der Waals surface area contributed by atoms with Gasteiger partial charge in [0.2, 0.25) is 41.4 Å². The van der Waals surface area contributed by atoms with Crippen LogP contribution in [0.1, 0.15) is 341 Å². The average Bonchev–Trinajstić information content (AvgIpc) is 0.990. The van der Waals surface area contributed by atoms with Crippen molar-refractivity contribution in [3.63, 3.8) is 0 Å². The van der Waals surface area contributed by atoms with Crippen LogP contribution < -0.4 is 31.9 Å². The van der Waals surface area contributed by atoms with Crippen molar-refractivity contribution in [3.8, 4) is 0 Å². The first kappa shape index (κ1) is 104. The van der Waals surface area contributed by atoms with E-state index in [1.807, 2.05) is 96.9 Å². The number of fused-ring (bicyclic) bond motifs is 2. The van der Waals surface area contributed by atoms with E-state index in [4.69, 9.17) is 0 Å². The molecule has 676 valence electrons. The van der Waals surface area contributed by atoms with E-state index < -0.39 is 0 Å². The second-order valence-electron chi connectivity index (χ2n) is 39.4. The highest BCUT2D eigenvalue weighted by Gasteiger charge is 2.39. The number of nitrogens with zero attached hydrogens (tertiary/aromatic N) is 8. The highest BCUT2D eigenvalue weighted by molar-refractivity contribution is 5.80. The van der Waals surface area contributed by atoms with Gasteiger partial charge in [-0.3, -0.25) is 38.5 Å². The molecular weight excluding hydrogens is 1450 g/mol. The second kappa shape index (κ2) is 58.9. The number of amides is 7. The molecule has 6 N–H and O–H groups in total. The second-order valence-corrected chi connectivity index (χ2v) is 39.4. The van der Waals surface area contributed by atoms with E-state index in [2.05, 4.69) is 113 Å². The van der Waals surface area contributed by atoms with Gasteiger partial charge in [-0.25, -0.2) is 0 Å². The first-order valence-corrected chi connectivity index (χ1v) is 48.3. The lowest BCUT2D eigenvalue weighted by Crippen LogP contribution is -2.51. The van der Waals surface area contributed by atoms with E-state index in [0.717, 1.165) is 147 Å². The summed E-state index contributed by atoms with van der Waals surface area (Å²) in [5.74, 6) is 2.23. The molecule has 4 unspecified atom stereocenters. The molecule has 0 spiro atoms. The summed E-state index contributed by atoms with van der Waals surface area (Å²) in [6, 6.07) is 6.89. The van der Waals surface area contributed by atoms with Crippen molar-refractivity contribution in [2.24, 2.45) is 41.4 Å². The zero-order valence-electron chi connectivity index (χ0n) is 78.7. The van der Waals surface area contributed by atoms with Crippen molar-refractivity contribution in [1.29, 1.82) is 0 Å². The number of likely N-dealkylation sites (tertiary alicyclic amines) is 3. The number of hydrogen-bond donors (Lipinski definition) is 6. The predicted octanol–water partition coefficient (Wildman–Crippen LogP) is 14.9. The van der Waals surface area contributed by atoms with Gasteiger partial charge in [0, 0.05) is 160 Å². The van der Waals surface area contributed by atoms with Crippen LogP contribution in [0.2, 0.25) is 0 Å². The Hall–Kier alpha value is -3.99. The summed E-state index contributed by atoms with van der Waals surface area (Å²) in [6.07, 6.45) is 50.0. The highest BCUT2D eigenvalue weighted by Crippen LogP contribution is 2.35. The fraction of sp³-hybridized carbons (Fsp3) is 0.926. The van der Waals surface area contributed by atoms with Crippen LogP contribution in [0.5, 0.6) is 0 Å². The molecule has 2 bridgehead atoms. The Labute approximate surface area is 712 Å². The average molecular weight is 1630 g/mol. The number of rotatable bonds is 27. The molecule has 5 aliphatic carbocycles. The van der Waals surface area contributed by atoms with Crippen molar-refractivity contribution < 1.29 is 33.6 Å². The number of piperidine rings is 4. The quantitative estimate of drug-likeness (QED) is 0.0333. The third kappa shape index (κ3) is 42.2. The minimum atomic E-state index is 0.0955. The van der Waals surface area contributed by atoms with E-state index in [0.29, 0.717) is 42.2 Å². The molecule has 7 amide bonds. The third-order valence-corrected chi connectivity index (χ3v) is 26.9. The van der Waals surface area contributed by atoms with E-state index >= 15 is 0 Å². The maximum Gasteiger partial charge on any atom is 0.225 e. The fourth-order valence-electron chi connectivity index (χ4n) is 18.8. The summed E-state index contributed by atoms with van der Waals surface area (Å²) in [5.41, 5.74) is 0. The van der Waals surface area contributed by atoms with E-state index in [-0.39, 0.29) is 76.9 Å². The number of nitrogens with one attached hydrogen (secondary N) is 6. The van der Waals surface area contributed by atoms with Crippen LogP contribution in [-0.4, -0.2) is 268 Å². The van der Waals surface area contributed by atoms with Gasteiger partial charge in [-0.05, 0) is 210 Å². The highest BCUT2D eigenvalue weighted by atomic mass is 16.2. The molecule has 5 aliphatic heterocycles. The summed E-state index contributed by atoms with van der Waals surface area (Å²) in [5, 5.41) is 18.4. The molecule has 0 radical (unpaired) electrons. The summed E-state index contributed by atoms with van der Waals surface area (Å²) >= 11 is 0. The molecule has 116 heavy (non-hydrogen) atoms. The summed E-state index contributed by atoms with van der Waals surface area (Å²) in [7, 11) is 13.1. The molecule has 10 rings (SSSR count). The normalized spacial score (nSPS) is 23.4. The van der Waals surface area contributed by atoms with E-state index in [1.54, 1.807) is 0 Å². The molecule has 10 fully saturated rings. The number of likely N-dealkylation sites (N-methyl/N-ethyl adjacent to an activating group) is 3. The number of carbonyl (C=O) groups is 7. The number of hydrogen-bond acceptors (Lipinski definition) is 14. The van der Waals surface area contributed by atoms with Gasteiger partial charge in [0.05, 0.1) is 0 Å². The Morgan fingerprint density at radius 3 is 1.09 bits per heavy atom. The van der Waals surface area contributed by atoms with Crippen molar-refractivity contribution in [1.82, 2.24) is 71.1 Å². The van der Waals surface area contributed by atoms with Crippen LogP contribution in [0.3, 0.4) is 0 Å². The first-order chi connectivity index (χ1) is 55.3. The smallest absolute Gasteiger partial charge is 0.225 e. The molecule has 5 saturated heterocycles.